The van der Waals surface area contributed by atoms with Crippen molar-refractivity contribution in [2.75, 3.05) is 74.7 Å². The first-order valence-corrected chi connectivity index (χ1v) is 9.76. The van der Waals surface area contributed by atoms with Gasteiger partial charge in [0.1, 0.15) is 0 Å². The van der Waals surface area contributed by atoms with E-state index in [0.717, 1.165) is 69.1 Å². The predicted octanol–water partition coefficient (Wildman–Crippen LogP) is 2.03. The van der Waals surface area contributed by atoms with Crippen molar-refractivity contribution < 1.29 is 9.47 Å². The highest BCUT2D eigenvalue weighted by atomic mass is 127. The summed E-state index contributed by atoms with van der Waals surface area (Å²) in [4.78, 5) is 4.62. The summed E-state index contributed by atoms with van der Waals surface area (Å²) in [6.07, 6.45) is 1.11. The highest BCUT2D eigenvalue weighted by molar-refractivity contribution is 14.1. The highest BCUT2D eigenvalue weighted by Gasteiger charge is 2.18. The Morgan fingerprint density at radius 2 is 1.91 bits per heavy atom. The van der Waals surface area contributed by atoms with Gasteiger partial charge in [0.25, 0.3) is 0 Å². The number of nitrogens with zero attached hydrogens (tertiary/aromatic N) is 2. The molecule has 0 fully saturated rings. The Kier molecular flexibility index (Phi) is 8.43. The molecule has 0 saturated carbocycles. The predicted molar refractivity (Wildman–Crippen MR) is 105 cm³/mol. The summed E-state index contributed by atoms with van der Waals surface area (Å²) in [5.41, 5.74) is 9.39. The van der Waals surface area contributed by atoms with Gasteiger partial charge in [-0.2, -0.15) is 0 Å². The fourth-order valence-electron chi connectivity index (χ4n) is 2.68. The van der Waals surface area contributed by atoms with Gasteiger partial charge in [0, 0.05) is 42.0 Å². The van der Waals surface area contributed by atoms with Crippen molar-refractivity contribution in [2.45, 2.75) is 6.42 Å². The number of rotatable bonds is 11. The zero-order chi connectivity index (χ0) is 16.5. The van der Waals surface area contributed by atoms with Crippen LogP contribution in [-0.2, 0) is 15.9 Å². The first-order valence-electron chi connectivity index (χ1n) is 8.24. The second kappa shape index (κ2) is 10.3. The smallest absolute Gasteiger partial charge is 0.0642 e. The van der Waals surface area contributed by atoms with Crippen LogP contribution in [0.25, 0.3) is 0 Å². The molecular weight excluding hydrogens is 405 g/mol. The van der Waals surface area contributed by atoms with Crippen LogP contribution in [0.1, 0.15) is 5.56 Å². The molecule has 0 atom stereocenters. The summed E-state index contributed by atoms with van der Waals surface area (Å²) in [7, 11) is 2.11. The van der Waals surface area contributed by atoms with Crippen molar-refractivity contribution >= 4 is 34.0 Å². The van der Waals surface area contributed by atoms with Crippen molar-refractivity contribution in [2.24, 2.45) is 0 Å². The number of nitrogen functional groups attached to an aromatic ring is 1. The number of anilines is 2. The van der Waals surface area contributed by atoms with Gasteiger partial charge in [-0.25, -0.2) is 0 Å². The second-order valence-corrected chi connectivity index (χ2v) is 6.92. The van der Waals surface area contributed by atoms with E-state index in [-0.39, 0.29) is 0 Å². The molecule has 5 nitrogen and oxygen atoms in total. The van der Waals surface area contributed by atoms with E-state index in [2.05, 4.69) is 51.6 Å². The number of hydrogen-bond donors (Lipinski definition) is 1. The molecule has 6 heteroatoms. The minimum atomic E-state index is 0.757. The summed E-state index contributed by atoms with van der Waals surface area (Å²) in [6, 6.07) is 6.20. The quantitative estimate of drug-likeness (QED) is 0.251. The Morgan fingerprint density at radius 3 is 2.65 bits per heavy atom. The lowest BCUT2D eigenvalue weighted by atomic mass is 10.1. The molecule has 0 aromatic heterocycles. The standard InChI is InChI=1S/C17H28IN3O2/c1-20(7-11-22-10-5-18)8-12-23-13-9-21-6-4-15-2-3-16(19)14-17(15)21/h2-3,14H,4-13,19H2,1H3. The summed E-state index contributed by atoms with van der Waals surface area (Å²) in [5.74, 6) is 0. The van der Waals surface area contributed by atoms with Gasteiger partial charge in [-0.3, -0.25) is 0 Å². The Labute approximate surface area is 153 Å². The molecule has 1 aromatic carbocycles. The van der Waals surface area contributed by atoms with Gasteiger partial charge in [-0.15, -0.1) is 0 Å². The van der Waals surface area contributed by atoms with Gasteiger partial charge in [0.15, 0.2) is 0 Å². The van der Waals surface area contributed by atoms with Gasteiger partial charge in [-0.05, 0) is 31.2 Å². The van der Waals surface area contributed by atoms with Crippen LogP contribution in [0.2, 0.25) is 0 Å². The van der Waals surface area contributed by atoms with E-state index in [4.69, 9.17) is 15.2 Å². The molecule has 0 aliphatic carbocycles. The third-order valence-corrected chi connectivity index (χ3v) is 4.50. The molecule has 1 aliphatic heterocycles. The number of benzene rings is 1. The molecule has 1 aliphatic rings. The molecule has 0 amide bonds. The first kappa shape index (κ1) is 18.8. The summed E-state index contributed by atoms with van der Waals surface area (Å²) >= 11 is 2.32. The van der Waals surface area contributed by atoms with Crippen LogP contribution < -0.4 is 10.6 Å². The van der Waals surface area contributed by atoms with Crippen LogP contribution in [0.15, 0.2) is 18.2 Å². The molecular formula is C17H28IN3O2. The van der Waals surface area contributed by atoms with E-state index in [9.17, 15) is 0 Å². The van der Waals surface area contributed by atoms with E-state index in [1.54, 1.807) is 0 Å². The van der Waals surface area contributed by atoms with Crippen LogP contribution in [0.4, 0.5) is 11.4 Å². The van der Waals surface area contributed by atoms with Crippen molar-refractivity contribution in [1.82, 2.24) is 4.90 Å². The van der Waals surface area contributed by atoms with E-state index in [0.29, 0.717) is 0 Å². The van der Waals surface area contributed by atoms with Crippen molar-refractivity contribution in [3.05, 3.63) is 23.8 Å². The molecule has 0 radical (unpaired) electrons. The number of halogens is 1. The minimum absolute atomic E-state index is 0.757. The molecule has 23 heavy (non-hydrogen) atoms. The van der Waals surface area contributed by atoms with Crippen molar-refractivity contribution in [3.63, 3.8) is 0 Å². The van der Waals surface area contributed by atoms with Crippen molar-refractivity contribution in [1.29, 1.82) is 0 Å². The molecule has 2 N–H and O–H groups in total. The SMILES string of the molecule is CN(CCOCCI)CCOCCN1CCc2ccc(N)cc21. The lowest BCUT2D eigenvalue weighted by Crippen LogP contribution is -2.29. The van der Waals surface area contributed by atoms with E-state index in [1.165, 1.54) is 11.3 Å². The number of hydrogen-bond acceptors (Lipinski definition) is 5. The van der Waals surface area contributed by atoms with Crippen molar-refractivity contribution in [3.8, 4) is 0 Å². The third-order valence-electron chi connectivity index (χ3n) is 4.06. The second-order valence-electron chi connectivity index (χ2n) is 5.84. The topological polar surface area (TPSA) is 51.0 Å². The summed E-state index contributed by atoms with van der Waals surface area (Å²) in [6.45, 7) is 7.05. The molecule has 0 saturated heterocycles. The third kappa shape index (κ3) is 6.45. The number of fused-ring (bicyclic) bond motifs is 1. The van der Waals surface area contributed by atoms with Crippen LogP contribution in [-0.4, -0.2) is 69.0 Å². The minimum Gasteiger partial charge on any atom is -0.399 e. The molecule has 1 aromatic rings. The van der Waals surface area contributed by atoms with Gasteiger partial charge in [-0.1, -0.05) is 28.7 Å². The van der Waals surface area contributed by atoms with Gasteiger partial charge < -0.3 is 25.0 Å². The zero-order valence-electron chi connectivity index (χ0n) is 14.0. The Bertz CT molecular complexity index is 473. The number of nitrogens with two attached hydrogens (primary N) is 1. The summed E-state index contributed by atoms with van der Waals surface area (Å²) < 4.78 is 12.3. The molecule has 2 rings (SSSR count). The van der Waals surface area contributed by atoms with Crippen LogP contribution >= 0.6 is 22.6 Å². The fourth-order valence-corrected chi connectivity index (χ4v) is 2.99. The Balaban J connectivity index is 1.56. The lowest BCUT2D eigenvalue weighted by Gasteiger charge is -2.20. The Morgan fingerprint density at radius 1 is 1.17 bits per heavy atom. The maximum absolute atomic E-state index is 5.89. The first-order chi connectivity index (χ1) is 11.2. The molecule has 130 valence electrons. The van der Waals surface area contributed by atoms with Gasteiger partial charge in [0.2, 0.25) is 0 Å². The van der Waals surface area contributed by atoms with E-state index >= 15 is 0 Å². The fraction of sp³-hybridized carbons (Fsp3) is 0.647. The number of alkyl halides is 1. The Hall–Kier alpha value is -0.570. The van der Waals surface area contributed by atoms with Crippen LogP contribution in [0.3, 0.4) is 0 Å². The molecule has 1 heterocycles. The van der Waals surface area contributed by atoms with Crippen LogP contribution in [0, 0.1) is 0 Å². The zero-order valence-corrected chi connectivity index (χ0v) is 16.1. The number of likely N-dealkylation sites (N-methyl/N-ethyl adjacent to an activating group) is 1. The van der Waals surface area contributed by atoms with E-state index in [1.807, 2.05) is 6.07 Å². The van der Waals surface area contributed by atoms with Gasteiger partial charge >= 0.3 is 0 Å². The highest BCUT2D eigenvalue weighted by Crippen LogP contribution is 2.29. The lowest BCUT2D eigenvalue weighted by molar-refractivity contribution is 0.0922. The average Bonchev–Trinajstić information content (AvgIpc) is 2.93. The van der Waals surface area contributed by atoms with Gasteiger partial charge in [0.05, 0.1) is 26.4 Å². The molecule has 0 unspecified atom stereocenters. The number of ether oxygens (including phenoxy) is 2. The maximum Gasteiger partial charge on any atom is 0.0642 e. The summed E-state index contributed by atoms with van der Waals surface area (Å²) in [5, 5.41) is 0. The molecule has 0 spiro atoms. The molecule has 0 bridgehead atoms. The average molecular weight is 433 g/mol. The van der Waals surface area contributed by atoms with E-state index < -0.39 is 0 Å². The largest absolute Gasteiger partial charge is 0.399 e. The monoisotopic (exact) mass is 433 g/mol. The van der Waals surface area contributed by atoms with Crippen LogP contribution in [0.5, 0.6) is 0 Å². The maximum atomic E-state index is 5.89. The normalized spacial score (nSPS) is 13.8.